The molecule has 132 valence electrons. The Bertz CT molecular complexity index is 993. The van der Waals surface area contributed by atoms with Crippen LogP contribution >= 0.6 is 11.3 Å². The van der Waals surface area contributed by atoms with Gasteiger partial charge in [0.05, 0.1) is 23.1 Å². The number of hydrogen-bond acceptors (Lipinski definition) is 6. The average molecular weight is 365 g/mol. The summed E-state index contributed by atoms with van der Waals surface area (Å²) < 4.78 is 6.55. The van der Waals surface area contributed by atoms with E-state index in [4.69, 9.17) is 4.42 Å². The Hall–Kier alpha value is -2.86. The Morgan fingerprint density at radius 3 is 2.54 bits per heavy atom. The van der Waals surface area contributed by atoms with Gasteiger partial charge in [-0.3, -0.25) is 0 Å². The average Bonchev–Trinajstić information content (AvgIpc) is 3.30. The zero-order chi connectivity index (χ0) is 18.4. The Kier molecular flexibility index (Phi) is 5.86. The van der Waals surface area contributed by atoms with Gasteiger partial charge in [0.25, 0.3) is 0 Å². The molecule has 0 amide bonds. The van der Waals surface area contributed by atoms with E-state index in [9.17, 15) is 4.79 Å². The third-order valence-electron chi connectivity index (χ3n) is 3.61. The molecule has 0 aliphatic carbocycles. The van der Waals surface area contributed by atoms with E-state index in [0.717, 1.165) is 21.5 Å². The molecule has 6 heteroatoms. The number of thiazole rings is 1. The van der Waals surface area contributed by atoms with Crippen molar-refractivity contribution in [3.05, 3.63) is 65.3 Å². The Balaban J connectivity index is 0.000000948. The highest BCUT2D eigenvalue weighted by Crippen LogP contribution is 2.29. The van der Waals surface area contributed by atoms with Gasteiger partial charge < -0.3 is 9.21 Å². The van der Waals surface area contributed by atoms with Crippen LogP contribution in [0.5, 0.6) is 0 Å². The van der Waals surface area contributed by atoms with Gasteiger partial charge in [-0.1, -0.05) is 50.2 Å². The quantitative estimate of drug-likeness (QED) is 0.479. The number of fused-ring (bicyclic) bond motifs is 1. The van der Waals surface area contributed by atoms with Gasteiger partial charge in [-0.2, -0.15) is 0 Å². The number of carbonyl (C=O) groups is 1. The van der Waals surface area contributed by atoms with Gasteiger partial charge >= 0.3 is 0 Å². The van der Waals surface area contributed by atoms with Crippen LogP contribution in [0, 0.1) is 0 Å². The fourth-order valence-electron chi connectivity index (χ4n) is 2.50. The minimum absolute atomic E-state index is 0.146. The van der Waals surface area contributed by atoms with Crippen molar-refractivity contribution in [1.29, 1.82) is 0 Å². The topological polar surface area (TPSA) is 68.9 Å². The van der Waals surface area contributed by atoms with Gasteiger partial charge in [-0.15, -0.1) is 21.5 Å². The van der Waals surface area contributed by atoms with Crippen LogP contribution in [0.4, 0.5) is 0 Å². The minimum Gasteiger partial charge on any atom is -0.424 e. The molecule has 0 saturated heterocycles. The molecular formula is C20H19N3O2S. The Labute approximate surface area is 155 Å². The summed E-state index contributed by atoms with van der Waals surface area (Å²) in [4.78, 5) is 15.1. The zero-order valence-electron chi connectivity index (χ0n) is 14.7. The standard InChI is InChI=1S/C18H13N3O2S.C2H6/c22-9-8-16-20-21-17(23-16)11-18-19-14-7-6-13(10-15(14)24-18)12-4-2-1-3-5-12;1-2/h1-7,9-10H,8,11H2;1-2H3. The molecule has 0 N–H and O–H groups in total. The summed E-state index contributed by atoms with van der Waals surface area (Å²) in [6.07, 6.45) is 1.37. The van der Waals surface area contributed by atoms with E-state index in [1.54, 1.807) is 11.3 Å². The monoisotopic (exact) mass is 365 g/mol. The minimum atomic E-state index is 0.146. The molecule has 0 saturated carbocycles. The highest BCUT2D eigenvalue weighted by molar-refractivity contribution is 7.18. The van der Waals surface area contributed by atoms with E-state index in [-0.39, 0.29) is 6.42 Å². The van der Waals surface area contributed by atoms with Gasteiger partial charge in [0.1, 0.15) is 11.3 Å². The van der Waals surface area contributed by atoms with Crippen molar-refractivity contribution in [3.63, 3.8) is 0 Å². The van der Waals surface area contributed by atoms with E-state index >= 15 is 0 Å². The highest BCUT2D eigenvalue weighted by Gasteiger charge is 2.11. The van der Waals surface area contributed by atoms with E-state index in [2.05, 4.69) is 39.4 Å². The molecule has 4 rings (SSSR count). The number of benzene rings is 2. The predicted octanol–water partition coefficient (Wildman–Crippen LogP) is 4.70. The Morgan fingerprint density at radius 1 is 1.00 bits per heavy atom. The lowest BCUT2D eigenvalue weighted by Gasteiger charge is -2.00. The number of aromatic nitrogens is 3. The van der Waals surface area contributed by atoms with Gasteiger partial charge in [0.15, 0.2) is 0 Å². The van der Waals surface area contributed by atoms with Crippen LogP contribution in [0.25, 0.3) is 21.3 Å². The molecule has 4 aromatic rings. The lowest BCUT2D eigenvalue weighted by Crippen LogP contribution is -1.86. The number of carbonyl (C=O) groups excluding carboxylic acids is 1. The largest absolute Gasteiger partial charge is 0.424 e. The third kappa shape index (κ3) is 4.03. The van der Waals surface area contributed by atoms with E-state index < -0.39 is 0 Å². The maximum atomic E-state index is 10.5. The second-order valence-corrected chi connectivity index (χ2v) is 6.41. The molecule has 2 heterocycles. The van der Waals surface area contributed by atoms with Crippen LogP contribution in [0.3, 0.4) is 0 Å². The molecule has 26 heavy (non-hydrogen) atoms. The summed E-state index contributed by atoms with van der Waals surface area (Å²) in [5.41, 5.74) is 3.32. The molecule has 0 spiro atoms. The molecule has 0 aliphatic heterocycles. The third-order valence-corrected chi connectivity index (χ3v) is 4.63. The first-order valence-electron chi connectivity index (χ1n) is 8.51. The van der Waals surface area contributed by atoms with E-state index in [0.29, 0.717) is 18.2 Å². The van der Waals surface area contributed by atoms with Crippen molar-refractivity contribution in [3.8, 4) is 11.1 Å². The number of nitrogens with zero attached hydrogens (tertiary/aromatic N) is 3. The van der Waals surface area contributed by atoms with Crippen LogP contribution in [0.2, 0.25) is 0 Å². The van der Waals surface area contributed by atoms with Gasteiger partial charge in [-0.05, 0) is 23.3 Å². The summed E-state index contributed by atoms with van der Waals surface area (Å²) in [6, 6.07) is 16.5. The smallest absolute Gasteiger partial charge is 0.223 e. The SMILES string of the molecule is CC.O=CCc1nnc(Cc2nc3ccc(-c4ccccc4)cc3s2)o1. The van der Waals surface area contributed by atoms with Gasteiger partial charge in [0.2, 0.25) is 11.8 Å². The van der Waals surface area contributed by atoms with Crippen LogP contribution in [0.1, 0.15) is 30.6 Å². The molecule has 0 fully saturated rings. The molecule has 5 nitrogen and oxygen atoms in total. The van der Waals surface area contributed by atoms with Crippen LogP contribution in [-0.4, -0.2) is 21.5 Å². The first kappa shape index (κ1) is 17.9. The van der Waals surface area contributed by atoms with Crippen molar-refractivity contribution in [2.24, 2.45) is 0 Å². The second-order valence-electron chi connectivity index (χ2n) is 5.29. The molecule has 0 unspecified atom stereocenters. The van der Waals surface area contributed by atoms with Crippen molar-refractivity contribution in [2.75, 3.05) is 0 Å². The van der Waals surface area contributed by atoms with Gasteiger partial charge in [0, 0.05) is 0 Å². The second kappa shape index (κ2) is 8.49. The van der Waals surface area contributed by atoms with Crippen molar-refractivity contribution in [1.82, 2.24) is 15.2 Å². The summed E-state index contributed by atoms with van der Waals surface area (Å²) in [5.74, 6) is 0.821. The summed E-state index contributed by atoms with van der Waals surface area (Å²) >= 11 is 1.62. The number of rotatable bonds is 5. The number of aldehydes is 1. The lowest BCUT2D eigenvalue weighted by molar-refractivity contribution is -0.107. The van der Waals surface area contributed by atoms with Crippen LogP contribution in [-0.2, 0) is 17.6 Å². The fraction of sp³-hybridized carbons (Fsp3) is 0.200. The van der Waals surface area contributed by atoms with Gasteiger partial charge in [-0.25, -0.2) is 4.98 Å². The molecule has 0 radical (unpaired) electrons. The van der Waals surface area contributed by atoms with Crippen molar-refractivity contribution >= 4 is 27.8 Å². The first-order chi connectivity index (χ1) is 12.8. The van der Waals surface area contributed by atoms with Crippen molar-refractivity contribution in [2.45, 2.75) is 26.7 Å². The predicted molar refractivity (Wildman–Crippen MR) is 103 cm³/mol. The molecule has 2 aromatic carbocycles. The highest BCUT2D eigenvalue weighted by atomic mass is 32.1. The van der Waals surface area contributed by atoms with Crippen LogP contribution in [0.15, 0.2) is 52.9 Å². The normalized spacial score (nSPS) is 10.4. The summed E-state index contributed by atoms with van der Waals surface area (Å²) in [5, 5.41) is 8.71. The molecule has 0 aliphatic rings. The van der Waals surface area contributed by atoms with E-state index in [1.165, 1.54) is 11.1 Å². The Morgan fingerprint density at radius 2 is 1.77 bits per heavy atom. The number of hydrogen-bond donors (Lipinski definition) is 0. The first-order valence-corrected chi connectivity index (χ1v) is 9.33. The summed E-state index contributed by atoms with van der Waals surface area (Å²) in [6.45, 7) is 4.00. The molecule has 0 bridgehead atoms. The molecule has 0 atom stereocenters. The van der Waals surface area contributed by atoms with E-state index in [1.807, 2.05) is 38.1 Å². The lowest BCUT2D eigenvalue weighted by atomic mass is 10.1. The maximum Gasteiger partial charge on any atom is 0.223 e. The molecular weight excluding hydrogens is 346 g/mol. The fourth-order valence-corrected chi connectivity index (χ4v) is 3.50. The maximum absolute atomic E-state index is 10.5. The zero-order valence-corrected chi connectivity index (χ0v) is 15.5. The van der Waals surface area contributed by atoms with Crippen LogP contribution < -0.4 is 0 Å². The molecule has 2 aromatic heterocycles. The summed E-state index contributed by atoms with van der Waals surface area (Å²) in [7, 11) is 0. The van der Waals surface area contributed by atoms with Crippen molar-refractivity contribution < 1.29 is 9.21 Å².